The van der Waals surface area contributed by atoms with Gasteiger partial charge in [0.2, 0.25) is 0 Å². The number of rotatable bonds is 3. The van der Waals surface area contributed by atoms with E-state index >= 15 is 0 Å². The van der Waals surface area contributed by atoms with Gasteiger partial charge in [-0.05, 0) is 38.8 Å². The van der Waals surface area contributed by atoms with Crippen LogP contribution in [0.15, 0.2) is 42.9 Å². The number of amides is 1. The highest BCUT2D eigenvalue weighted by Gasteiger charge is 2.17. The van der Waals surface area contributed by atoms with Gasteiger partial charge in [-0.15, -0.1) is 0 Å². The average molecular weight is 393 g/mol. The molecule has 3 aromatic rings. The van der Waals surface area contributed by atoms with Crippen molar-refractivity contribution in [2.24, 2.45) is 0 Å². The van der Waals surface area contributed by atoms with E-state index < -0.39 is 11.7 Å². The zero-order chi connectivity index (χ0) is 20.4. The van der Waals surface area contributed by atoms with Crippen molar-refractivity contribution in [3.05, 3.63) is 48.4 Å². The first kappa shape index (κ1) is 19.1. The van der Waals surface area contributed by atoms with Crippen LogP contribution in [0.4, 0.5) is 4.79 Å². The van der Waals surface area contributed by atoms with Gasteiger partial charge < -0.3 is 9.47 Å². The largest absolute Gasteiger partial charge is 0.443 e. The van der Waals surface area contributed by atoms with Crippen molar-refractivity contribution < 1.29 is 14.3 Å². The predicted octanol–water partition coefficient (Wildman–Crippen LogP) is 3.78. The first-order valence-corrected chi connectivity index (χ1v) is 9.47. The van der Waals surface area contributed by atoms with Crippen LogP contribution in [-0.2, 0) is 9.47 Å². The maximum Gasteiger partial charge on any atom is 0.428 e. The number of aromatic nitrogens is 4. The van der Waals surface area contributed by atoms with Crippen LogP contribution in [0.25, 0.3) is 27.9 Å². The third-order valence-corrected chi connectivity index (χ3v) is 4.37. The quantitative estimate of drug-likeness (QED) is 0.728. The molecule has 29 heavy (non-hydrogen) atoms. The van der Waals surface area contributed by atoms with E-state index in [1.54, 1.807) is 39.4 Å². The number of benzene rings is 1. The Morgan fingerprint density at radius 3 is 2.90 bits per heavy atom. The van der Waals surface area contributed by atoms with Crippen molar-refractivity contribution in [1.29, 1.82) is 0 Å². The van der Waals surface area contributed by atoms with Gasteiger partial charge in [0.1, 0.15) is 5.60 Å². The summed E-state index contributed by atoms with van der Waals surface area (Å²) in [7, 11) is 0. The van der Waals surface area contributed by atoms with Gasteiger partial charge in [-0.1, -0.05) is 18.2 Å². The minimum atomic E-state index is -0.584. The van der Waals surface area contributed by atoms with Gasteiger partial charge in [0, 0.05) is 11.1 Å². The summed E-state index contributed by atoms with van der Waals surface area (Å²) in [5.41, 5.74) is 7.35. The standard InChI is InChI=1S/C21H23N5O3/c1-21(2,3)29-20(27)25-26-13-15(11-23-26)18-12-22-17-6-4-5-16(19(17)24-18)14-7-9-28-10-8-14/h4-7,11-13H,8-10H2,1-3H3,(H,25,27). The molecule has 1 N–H and O–H groups in total. The summed E-state index contributed by atoms with van der Waals surface area (Å²) in [4.78, 5) is 22.6. The third-order valence-electron chi connectivity index (χ3n) is 4.37. The molecule has 0 bridgehead atoms. The lowest BCUT2D eigenvalue weighted by Crippen LogP contribution is -2.31. The third kappa shape index (κ3) is 4.43. The number of carbonyl (C=O) groups excluding carboxylic acids is 1. The summed E-state index contributed by atoms with van der Waals surface area (Å²) < 4.78 is 10.7. The fraction of sp³-hybridized carbons (Fsp3) is 0.333. The summed E-state index contributed by atoms with van der Waals surface area (Å²) >= 11 is 0. The average Bonchev–Trinajstić information content (AvgIpc) is 3.14. The number of ether oxygens (including phenoxy) is 2. The topological polar surface area (TPSA) is 91.2 Å². The van der Waals surface area contributed by atoms with Gasteiger partial charge in [0.15, 0.2) is 0 Å². The summed E-state index contributed by atoms with van der Waals surface area (Å²) in [6, 6.07) is 6.00. The predicted molar refractivity (Wildman–Crippen MR) is 110 cm³/mol. The Bertz CT molecular complexity index is 1080. The van der Waals surface area contributed by atoms with Gasteiger partial charge in [-0.25, -0.2) is 15.2 Å². The Morgan fingerprint density at radius 2 is 2.14 bits per heavy atom. The van der Waals surface area contributed by atoms with Crippen molar-refractivity contribution in [3.63, 3.8) is 0 Å². The number of nitrogens with zero attached hydrogens (tertiary/aromatic N) is 4. The molecule has 0 atom stereocenters. The molecule has 3 heterocycles. The lowest BCUT2D eigenvalue weighted by atomic mass is 10.00. The fourth-order valence-electron chi connectivity index (χ4n) is 3.11. The molecular weight excluding hydrogens is 370 g/mol. The highest BCUT2D eigenvalue weighted by molar-refractivity contribution is 5.90. The molecule has 1 amide bonds. The summed E-state index contributed by atoms with van der Waals surface area (Å²) in [6.07, 6.45) is 7.38. The molecule has 4 rings (SSSR count). The van der Waals surface area contributed by atoms with E-state index in [1.165, 1.54) is 10.4 Å². The number of hydrogen-bond donors (Lipinski definition) is 1. The molecule has 0 saturated carbocycles. The smallest absolute Gasteiger partial charge is 0.428 e. The van der Waals surface area contributed by atoms with Gasteiger partial charge in [0.05, 0.1) is 48.5 Å². The van der Waals surface area contributed by atoms with E-state index in [0.29, 0.717) is 18.9 Å². The molecular formula is C21H23N5O3. The van der Waals surface area contributed by atoms with E-state index in [9.17, 15) is 4.79 Å². The molecule has 2 aromatic heterocycles. The van der Waals surface area contributed by atoms with E-state index in [1.807, 2.05) is 12.1 Å². The summed E-state index contributed by atoms with van der Waals surface area (Å²) in [6.45, 7) is 6.73. The van der Waals surface area contributed by atoms with Crippen molar-refractivity contribution in [2.45, 2.75) is 32.8 Å². The van der Waals surface area contributed by atoms with Gasteiger partial charge in [-0.3, -0.25) is 4.98 Å². The van der Waals surface area contributed by atoms with Crippen LogP contribution in [0.5, 0.6) is 0 Å². The number of nitrogens with one attached hydrogen (secondary N) is 1. The van der Waals surface area contributed by atoms with Crippen LogP contribution in [-0.4, -0.2) is 44.8 Å². The zero-order valence-corrected chi connectivity index (χ0v) is 16.7. The van der Waals surface area contributed by atoms with Gasteiger partial charge >= 0.3 is 6.09 Å². The van der Waals surface area contributed by atoms with Crippen molar-refractivity contribution in [3.8, 4) is 11.3 Å². The number of hydrogen-bond acceptors (Lipinski definition) is 6. The monoisotopic (exact) mass is 393 g/mol. The summed E-state index contributed by atoms with van der Waals surface area (Å²) in [5.74, 6) is 0. The van der Waals surface area contributed by atoms with Crippen LogP contribution < -0.4 is 5.43 Å². The molecule has 0 spiro atoms. The van der Waals surface area contributed by atoms with E-state index in [-0.39, 0.29) is 0 Å². The Labute approximate surface area is 168 Å². The van der Waals surface area contributed by atoms with Crippen molar-refractivity contribution in [1.82, 2.24) is 19.9 Å². The zero-order valence-electron chi connectivity index (χ0n) is 16.7. The minimum absolute atomic E-state index is 0.578. The molecule has 1 aliphatic rings. The SMILES string of the molecule is CC(C)(C)OC(=O)Nn1cc(-c2cnc3cccc(C4=CCOCC4)c3n2)cn1. The van der Waals surface area contributed by atoms with Crippen LogP contribution in [0.2, 0.25) is 0 Å². The highest BCUT2D eigenvalue weighted by atomic mass is 16.6. The second-order valence-electron chi connectivity index (χ2n) is 7.77. The second-order valence-corrected chi connectivity index (χ2v) is 7.77. The number of fused-ring (bicyclic) bond motifs is 1. The summed E-state index contributed by atoms with van der Waals surface area (Å²) in [5, 5.41) is 4.16. The Morgan fingerprint density at radius 1 is 1.28 bits per heavy atom. The first-order valence-electron chi connectivity index (χ1n) is 9.47. The van der Waals surface area contributed by atoms with Crippen LogP contribution >= 0.6 is 0 Å². The molecule has 0 aliphatic carbocycles. The van der Waals surface area contributed by atoms with E-state index in [2.05, 4.69) is 27.7 Å². The first-order chi connectivity index (χ1) is 13.9. The molecule has 0 fully saturated rings. The lowest BCUT2D eigenvalue weighted by Gasteiger charge is -2.19. The molecule has 150 valence electrons. The Balaban J connectivity index is 1.62. The molecule has 8 nitrogen and oxygen atoms in total. The lowest BCUT2D eigenvalue weighted by molar-refractivity contribution is 0.0609. The maximum absolute atomic E-state index is 11.9. The molecule has 1 aromatic carbocycles. The second kappa shape index (κ2) is 7.63. The van der Waals surface area contributed by atoms with Crippen LogP contribution in [0, 0.1) is 0 Å². The van der Waals surface area contributed by atoms with Gasteiger partial charge in [0.25, 0.3) is 0 Å². The number of para-hydroxylation sites is 1. The highest BCUT2D eigenvalue weighted by Crippen LogP contribution is 2.28. The Kier molecular flexibility index (Phi) is 5.02. The van der Waals surface area contributed by atoms with Crippen LogP contribution in [0.1, 0.15) is 32.8 Å². The molecule has 0 radical (unpaired) electrons. The maximum atomic E-state index is 11.9. The van der Waals surface area contributed by atoms with Crippen molar-refractivity contribution >= 4 is 22.7 Å². The Hall–Kier alpha value is -3.26. The normalized spacial score (nSPS) is 14.5. The van der Waals surface area contributed by atoms with Gasteiger partial charge in [-0.2, -0.15) is 9.89 Å². The minimum Gasteiger partial charge on any atom is -0.443 e. The number of carbonyl (C=O) groups is 1. The fourth-order valence-corrected chi connectivity index (χ4v) is 3.11. The molecule has 8 heteroatoms. The van der Waals surface area contributed by atoms with Crippen molar-refractivity contribution in [2.75, 3.05) is 18.6 Å². The van der Waals surface area contributed by atoms with E-state index in [0.717, 1.165) is 28.6 Å². The molecule has 1 aliphatic heterocycles. The molecule has 0 unspecified atom stereocenters. The van der Waals surface area contributed by atoms with Crippen LogP contribution in [0.3, 0.4) is 0 Å². The van der Waals surface area contributed by atoms with E-state index in [4.69, 9.17) is 14.5 Å². The molecule has 0 saturated heterocycles.